The molecule has 194 valence electrons. The van der Waals surface area contributed by atoms with Crippen LogP contribution < -0.4 is 14.5 Å². The first-order valence-electron chi connectivity index (χ1n) is 12.9. The van der Waals surface area contributed by atoms with E-state index in [4.69, 9.17) is 4.74 Å². The Bertz CT molecular complexity index is 1050. The number of carbonyl (C=O) groups excluding carboxylic acids is 2. The Kier molecular flexibility index (Phi) is 8.46. The summed E-state index contributed by atoms with van der Waals surface area (Å²) < 4.78 is 20.9. The molecule has 0 N–H and O–H groups in total. The zero-order chi connectivity index (χ0) is 25.7. The second-order valence-corrected chi connectivity index (χ2v) is 9.66. The van der Waals surface area contributed by atoms with Gasteiger partial charge in [-0.3, -0.25) is 14.5 Å². The third-order valence-corrected chi connectivity index (χ3v) is 7.27. The molecule has 1 unspecified atom stereocenters. The Hall–Kier alpha value is -3.13. The Morgan fingerprint density at radius 2 is 1.78 bits per heavy atom. The van der Waals surface area contributed by atoms with Crippen LogP contribution in [-0.4, -0.2) is 80.6 Å². The van der Waals surface area contributed by atoms with Crippen molar-refractivity contribution in [3.8, 4) is 5.75 Å². The number of rotatable bonds is 8. The van der Waals surface area contributed by atoms with E-state index in [1.54, 1.807) is 50.4 Å². The van der Waals surface area contributed by atoms with Crippen molar-refractivity contribution in [2.45, 2.75) is 39.2 Å². The minimum absolute atomic E-state index is 0.127. The lowest BCUT2D eigenvalue weighted by molar-refractivity contribution is -0.130. The summed E-state index contributed by atoms with van der Waals surface area (Å²) in [6.45, 7) is 9.16. The van der Waals surface area contributed by atoms with Crippen molar-refractivity contribution in [2.24, 2.45) is 0 Å². The smallest absolute Gasteiger partial charge is 0.258 e. The number of carbonyl (C=O) groups is 2. The summed E-state index contributed by atoms with van der Waals surface area (Å²) in [5, 5.41) is 0. The molecule has 1 atom stereocenters. The zero-order valence-electron chi connectivity index (χ0n) is 21.6. The number of piperazine rings is 1. The van der Waals surface area contributed by atoms with Crippen LogP contribution >= 0.6 is 0 Å². The normalized spacial score (nSPS) is 18.4. The Balaban J connectivity index is 1.35. The van der Waals surface area contributed by atoms with Gasteiger partial charge in [-0.2, -0.15) is 0 Å². The Labute approximate surface area is 213 Å². The summed E-state index contributed by atoms with van der Waals surface area (Å²) in [5.41, 5.74) is 1.61. The van der Waals surface area contributed by atoms with E-state index in [-0.39, 0.29) is 17.6 Å². The maximum absolute atomic E-state index is 15.2. The Morgan fingerprint density at radius 1 is 1.06 bits per heavy atom. The molecule has 0 aromatic heterocycles. The second-order valence-electron chi connectivity index (χ2n) is 9.66. The summed E-state index contributed by atoms with van der Waals surface area (Å²) in [6, 6.07) is 12.4. The van der Waals surface area contributed by atoms with Crippen LogP contribution in [0.5, 0.6) is 5.75 Å². The fraction of sp³-hybridized carbons (Fsp3) is 0.500. The van der Waals surface area contributed by atoms with Crippen molar-refractivity contribution in [1.29, 1.82) is 0 Å². The van der Waals surface area contributed by atoms with E-state index >= 15 is 4.39 Å². The molecule has 36 heavy (non-hydrogen) atoms. The van der Waals surface area contributed by atoms with Gasteiger partial charge in [0, 0.05) is 70.5 Å². The molecule has 0 bridgehead atoms. The van der Waals surface area contributed by atoms with Gasteiger partial charge in [0.05, 0.1) is 12.3 Å². The van der Waals surface area contributed by atoms with E-state index in [0.29, 0.717) is 29.6 Å². The summed E-state index contributed by atoms with van der Waals surface area (Å²) in [6.07, 6.45) is 3.02. The van der Waals surface area contributed by atoms with Gasteiger partial charge in [-0.25, -0.2) is 4.39 Å². The highest BCUT2D eigenvalue weighted by Crippen LogP contribution is 2.29. The van der Waals surface area contributed by atoms with E-state index in [9.17, 15) is 9.59 Å². The number of halogens is 1. The molecule has 2 aromatic rings. The van der Waals surface area contributed by atoms with Gasteiger partial charge in [-0.15, -0.1) is 0 Å². The van der Waals surface area contributed by atoms with E-state index < -0.39 is 0 Å². The molecule has 2 fully saturated rings. The SMILES string of the molecule is CCCCOc1ccc(C(=O)N(C)c2ccc(N3CCC(N4CCN(C(C)=O)CC4)C3)c(F)c2)cc1. The maximum atomic E-state index is 15.2. The second kappa shape index (κ2) is 11.7. The molecule has 2 heterocycles. The third-order valence-electron chi connectivity index (χ3n) is 7.27. The van der Waals surface area contributed by atoms with Gasteiger partial charge in [-0.1, -0.05) is 13.3 Å². The summed E-state index contributed by atoms with van der Waals surface area (Å²) >= 11 is 0. The van der Waals surface area contributed by atoms with Crippen LogP contribution in [0.15, 0.2) is 42.5 Å². The van der Waals surface area contributed by atoms with Crippen molar-refractivity contribution in [1.82, 2.24) is 9.80 Å². The largest absolute Gasteiger partial charge is 0.494 e. The van der Waals surface area contributed by atoms with E-state index in [1.165, 1.54) is 11.0 Å². The van der Waals surface area contributed by atoms with E-state index in [2.05, 4.69) is 16.7 Å². The minimum Gasteiger partial charge on any atom is -0.494 e. The molecule has 2 aliphatic heterocycles. The first-order chi connectivity index (χ1) is 17.4. The molecular weight excluding hydrogens is 459 g/mol. The molecule has 0 spiro atoms. The van der Waals surface area contributed by atoms with E-state index in [1.807, 2.05) is 4.90 Å². The quantitative estimate of drug-likeness (QED) is 0.517. The summed E-state index contributed by atoms with van der Waals surface area (Å²) in [7, 11) is 1.66. The lowest BCUT2D eigenvalue weighted by Gasteiger charge is -2.37. The van der Waals surface area contributed by atoms with Crippen LogP contribution in [0, 0.1) is 5.82 Å². The molecule has 7 nitrogen and oxygen atoms in total. The molecule has 2 aliphatic rings. The topological polar surface area (TPSA) is 56.3 Å². The predicted molar refractivity (Wildman–Crippen MR) is 140 cm³/mol. The van der Waals surface area contributed by atoms with Crippen LogP contribution in [0.4, 0.5) is 15.8 Å². The molecule has 0 saturated carbocycles. The predicted octanol–water partition coefficient (Wildman–Crippen LogP) is 4.02. The summed E-state index contributed by atoms with van der Waals surface area (Å²) in [5.74, 6) is 0.339. The van der Waals surface area contributed by atoms with Crippen molar-refractivity contribution in [2.75, 3.05) is 62.7 Å². The lowest BCUT2D eigenvalue weighted by Crippen LogP contribution is -2.52. The fourth-order valence-corrected chi connectivity index (χ4v) is 4.96. The number of hydrogen-bond donors (Lipinski definition) is 0. The van der Waals surface area contributed by atoms with E-state index in [0.717, 1.165) is 64.3 Å². The first kappa shape index (κ1) is 25.9. The number of unbranched alkanes of at least 4 members (excludes halogenated alkanes) is 1. The number of ether oxygens (including phenoxy) is 1. The van der Waals surface area contributed by atoms with Gasteiger partial charge in [0.15, 0.2) is 0 Å². The lowest BCUT2D eigenvalue weighted by atomic mass is 10.1. The average molecular weight is 497 g/mol. The molecule has 8 heteroatoms. The highest BCUT2D eigenvalue weighted by Gasteiger charge is 2.31. The summed E-state index contributed by atoms with van der Waals surface area (Å²) in [4.78, 5) is 32.4. The molecule has 4 rings (SSSR count). The average Bonchev–Trinajstić information content (AvgIpc) is 3.38. The minimum atomic E-state index is -0.325. The number of nitrogens with zero attached hydrogens (tertiary/aromatic N) is 4. The first-order valence-corrected chi connectivity index (χ1v) is 12.9. The van der Waals surface area contributed by atoms with Crippen LogP contribution in [0.2, 0.25) is 0 Å². The van der Waals surface area contributed by atoms with Gasteiger partial charge in [-0.05, 0) is 55.3 Å². The molecule has 2 aromatic carbocycles. The van der Waals surface area contributed by atoms with Gasteiger partial charge >= 0.3 is 0 Å². The van der Waals surface area contributed by atoms with Crippen LogP contribution in [0.25, 0.3) is 0 Å². The Morgan fingerprint density at radius 3 is 2.42 bits per heavy atom. The number of hydrogen-bond acceptors (Lipinski definition) is 5. The third kappa shape index (κ3) is 5.98. The molecule has 2 amide bonds. The van der Waals surface area contributed by atoms with Crippen LogP contribution in [0.3, 0.4) is 0 Å². The number of amides is 2. The van der Waals surface area contributed by atoms with Gasteiger partial charge in [0.2, 0.25) is 5.91 Å². The molecule has 0 aliphatic carbocycles. The highest BCUT2D eigenvalue weighted by molar-refractivity contribution is 6.05. The number of benzene rings is 2. The molecule has 2 saturated heterocycles. The van der Waals surface area contributed by atoms with Crippen molar-refractivity contribution < 1.29 is 18.7 Å². The van der Waals surface area contributed by atoms with Gasteiger partial charge < -0.3 is 19.4 Å². The van der Waals surface area contributed by atoms with Crippen LogP contribution in [-0.2, 0) is 4.79 Å². The molecular formula is C28H37FN4O3. The molecule has 0 radical (unpaired) electrons. The maximum Gasteiger partial charge on any atom is 0.258 e. The van der Waals surface area contributed by atoms with Crippen LogP contribution in [0.1, 0.15) is 43.5 Å². The standard InChI is InChI=1S/C28H37FN4O3/c1-4-5-18-36-25-9-6-22(7-10-25)28(35)30(3)23-8-11-27(26(29)19-23)33-13-12-24(20-33)32-16-14-31(15-17-32)21(2)34/h6-11,19,24H,4-5,12-18,20H2,1-3H3. The van der Waals surface area contributed by atoms with Crippen molar-refractivity contribution in [3.05, 3.63) is 53.8 Å². The van der Waals surface area contributed by atoms with Gasteiger partial charge in [0.1, 0.15) is 11.6 Å². The highest BCUT2D eigenvalue weighted by atomic mass is 19.1. The zero-order valence-corrected chi connectivity index (χ0v) is 21.6. The monoisotopic (exact) mass is 496 g/mol. The van der Waals surface area contributed by atoms with Crippen molar-refractivity contribution in [3.63, 3.8) is 0 Å². The fourth-order valence-electron chi connectivity index (χ4n) is 4.96. The number of anilines is 2. The van der Waals surface area contributed by atoms with Crippen molar-refractivity contribution >= 4 is 23.2 Å². The van der Waals surface area contributed by atoms with Gasteiger partial charge in [0.25, 0.3) is 5.91 Å².